The lowest BCUT2D eigenvalue weighted by molar-refractivity contribution is 0.384. The van der Waals surface area contributed by atoms with E-state index in [1.165, 1.54) is 16.8 Å². The molecule has 0 amide bonds. The van der Waals surface area contributed by atoms with Crippen molar-refractivity contribution in [2.75, 3.05) is 31.1 Å². The Morgan fingerprint density at radius 3 is 2.68 bits per heavy atom. The summed E-state index contributed by atoms with van der Waals surface area (Å²) in [5.41, 5.74) is 1.47. The maximum Gasteiger partial charge on any atom is 0.245 e. The van der Waals surface area contributed by atoms with Gasteiger partial charge >= 0.3 is 0 Å². The molecule has 1 saturated heterocycles. The second-order valence-corrected chi connectivity index (χ2v) is 7.87. The van der Waals surface area contributed by atoms with Crippen molar-refractivity contribution in [2.45, 2.75) is 11.8 Å². The largest absolute Gasteiger partial charge is 0.354 e. The molecule has 0 radical (unpaired) electrons. The van der Waals surface area contributed by atoms with Crippen LogP contribution in [0.2, 0.25) is 0 Å². The molecule has 0 bridgehead atoms. The lowest BCUT2D eigenvalue weighted by Crippen LogP contribution is -2.48. The number of aromatic nitrogens is 4. The Hall–Kier alpha value is -2.52. The van der Waals surface area contributed by atoms with Crippen LogP contribution in [0.15, 0.2) is 41.8 Å². The number of anilines is 1. The topological polar surface area (TPSA) is 95.1 Å². The fraction of sp³-hybridized carbons (Fsp3) is 0.312. The summed E-state index contributed by atoms with van der Waals surface area (Å²) in [6.07, 6.45) is 4.69. The van der Waals surface area contributed by atoms with Crippen molar-refractivity contribution in [3.05, 3.63) is 42.6 Å². The molecule has 1 aliphatic rings. The molecule has 25 heavy (non-hydrogen) atoms. The Morgan fingerprint density at radius 1 is 1.12 bits per heavy atom. The van der Waals surface area contributed by atoms with Crippen LogP contribution in [-0.2, 0) is 10.0 Å². The summed E-state index contributed by atoms with van der Waals surface area (Å²) in [7, 11) is -3.56. The molecule has 9 heteroatoms. The van der Waals surface area contributed by atoms with Gasteiger partial charge in [-0.25, -0.2) is 23.4 Å². The van der Waals surface area contributed by atoms with Crippen molar-refractivity contribution in [1.29, 1.82) is 0 Å². The Bertz CT molecular complexity index is 1010. The fourth-order valence-corrected chi connectivity index (χ4v) is 4.63. The molecule has 3 aromatic heterocycles. The molecule has 0 aliphatic carbocycles. The molecule has 0 saturated carbocycles. The second-order valence-electron chi connectivity index (χ2n) is 5.96. The highest BCUT2D eigenvalue weighted by molar-refractivity contribution is 7.89. The van der Waals surface area contributed by atoms with Crippen molar-refractivity contribution in [1.82, 2.24) is 24.2 Å². The minimum Gasteiger partial charge on any atom is -0.354 e. The van der Waals surface area contributed by atoms with Gasteiger partial charge in [0.05, 0.1) is 0 Å². The minimum absolute atomic E-state index is 0.280. The number of fused-ring (bicyclic) bond motifs is 1. The summed E-state index contributed by atoms with van der Waals surface area (Å²) in [5, 5.41) is 0.622. The number of aryl methyl sites for hydroxylation is 1. The van der Waals surface area contributed by atoms with E-state index < -0.39 is 10.0 Å². The average molecular weight is 358 g/mol. The van der Waals surface area contributed by atoms with E-state index >= 15 is 0 Å². The molecular weight excluding hydrogens is 340 g/mol. The average Bonchev–Trinajstić information content (AvgIpc) is 3.07. The third-order valence-corrected chi connectivity index (χ3v) is 6.32. The molecule has 4 rings (SSSR count). The number of hydrogen-bond donors (Lipinski definition) is 1. The lowest BCUT2D eigenvalue weighted by atomic mass is 10.3. The molecule has 1 fully saturated rings. The summed E-state index contributed by atoms with van der Waals surface area (Å²) in [6.45, 7) is 3.93. The maximum atomic E-state index is 13.0. The van der Waals surface area contributed by atoms with E-state index in [0.717, 1.165) is 11.5 Å². The van der Waals surface area contributed by atoms with Gasteiger partial charge in [-0.2, -0.15) is 4.31 Å². The number of nitrogens with one attached hydrogen (secondary N) is 1. The highest BCUT2D eigenvalue weighted by Crippen LogP contribution is 2.25. The number of piperazine rings is 1. The van der Waals surface area contributed by atoms with Gasteiger partial charge in [-0.3, -0.25) is 0 Å². The third kappa shape index (κ3) is 2.85. The van der Waals surface area contributed by atoms with Crippen LogP contribution in [0.1, 0.15) is 5.69 Å². The molecule has 3 aromatic rings. The van der Waals surface area contributed by atoms with Gasteiger partial charge in [0.25, 0.3) is 0 Å². The van der Waals surface area contributed by atoms with Crippen molar-refractivity contribution in [2.24, 2.45) is 0 Å². The lowest BCUT2D eigenvalue weighted by Gasteiger charge is -2.34. The zero-order valence-corrected chi connectivity index (χ0v) is 14.6. The predicted molar refractivity (Wildman–Crippen MR) is 93.8 cm³/mol. The molecule has 0 unspecified atom stereocenters. The number of H-pyrrole nitrogens is 1. The van der Waals surface area contributed by atoms with Crippen molar-refractivity contribution < 1.29 is 8.42 Å². The predicted octanol–water partition coefficient (Wildman–Crippen LogP) is 1.17. The van der Waals surface area contributed by atoms with Gasteiger partial charge in [0, 0.05) is 55.7 Å². The van der Waals surface area contributed by atoms with E-state index in [1.807, 2.05) is 13.0 Å². The summed E-state index contributed by atoms with van der Waals surface area (Å²) in [5.74, 6) is 0.834. The SMILES string of the molecule is Cc1cc(N2CCN(S(=O)(=O)c3c[nH]c4ncccc34)CC2)ncn1. The zero-order valence-electron chi connectivity index (χ0n) is 13.8. The molecule has 130 valence electrons. The van der Waals surface area contributed by atoms with Crippen LogP contribution in [0, 0.1) is 6.92 Å². The second kappa shape index (κ2) is 6.08. The van der Waals surface area contributed by atoms with Gasteiger partial charge in [-0.1, -0.05) is 0 Å². The van der Waals surface area contributed by atoms with Crippen molar-refractivity contribution >= 4 is 26.9 Å². The molecule has 1 N–H and O–H groups in total. The standard InChI is InChI=1S/C16H18N6O2S/c1-12-9-15(20-11-19-12)21-5-7-22(8-6-21)25(23,24)14-10-18-16-13(14)3-2-4-17-16/h2-4,9-11H,5-8H2,1H3,(H,17,18). The molecule has 0 atom stereocenters. The molecule has 8 nitrogen and oxygen atoms in total. The Morgan fingerprint density at radius 2 is 1.92 bits per heavy atom. The minimum atomic E-state index is -3.56. The van der Waals surface area contributed by atoms with Crippen LogP contribution in [-0.4, -0.2) is 58.8 Å². The monoisotopic (exact) mass is 358 g/mol. The quantitative estimate of drug-likeness (QED) is 0.755. The Labute approximate surface area is 145 Å². The van der Waals surface area contributed by atoms with Crippen LogP contribution in [0.5, 0.6) is 0 Å². The number of aromatic amines is 1. The Balaban J connectivity index is 1.55. The Kier molecular flexibility index (Phi) is 3.89. The van der Waals surface area contributed by atoms with Gasteiger partial charge in [-0.15, -0.1) is 0 Å². The normalized spacial score (nSPS) is 16.4. The van der Waals surface area contributed by atoms with Crippen LogP contribution in [0.4, 0.5) is 5.82 Å². The molecule has 1 aliphatic heterocycles. The first-order valence-corrected chi connectivity index (χ1v) is 9.45. The number of rotatable bonds is 3. The van der Waals surface area contributed by atoms with Crippen LogP contribution in [0.3, 0.4) is 0 Å². The fourth-order valence-electron chi connectivity index (χ4n) is 3.05. The van der Waals surface area contributed by atoms with Gasteiger partial charge in [0.15, 0.2) is 0 Å². The number of nitrogens with zero attached hydrogens (tertiary/aromatic N) is 5. The zero-order chi connectivity index (χ0) is 17.4. The van der Waals surface area contributed by atoms with E-state index in [2.05, 4.69) is 24.8 Å². The number of hydrogen-bond acceptors (Lipinski definition) is 6. The van der Waals surface area contributed by atoms with Gasteiger partial charge in [0.1, 0.15) is 22.7 Å². The number of pyridine rings is 1. The first-order valence-electron chi connectivity index (χ1n) is 8.01. The van der Waals surface area contributed by atoms with Crippen LogP contribution >= 0.6 is 0 Å². The summed E-state index contributed by atoms with van der Waals surface area (Å²) >= 11 is 0. The van der Waals surface area contributed by atoms with E-state index in [1.54, 1.807) is 18.3 Å². The first kappa shape index (κ1) is 16.0. The molecule has 0 spiro atoms. The van der Waals surface area contributed by atoms with Crippen molar-refractivity contribution in [3.63, 3.8) is 0 Å². The van der Waals surface area contributed by atoms with Crippen molar-refractivity contribution in [3.8, 4) is 0 Å². The van der Waals surface area contributed by atoms with E-state index in [4.69, 9.17) is 0 Å². The maximum absolute atomic E-state index is 13.0. The van der Waals surface area contributed by atoms with Gasteiger partial charge < -0.3 is 9.88 Å². The summed E-state index contributed by atoms with van der Waals surface area (Å²) < 4.78 is 27.5. The van der Waals surface area contributed by atoms with Crippen LogP contribution < -0.4 is 4.90 Å². The first-order chi connectivity index (χ1) is 12.1. The van der Waals surface area contributed by atoms with E-state index in [0.29, 0.717) is 37.2 Å². The van der Waals surface area contributed by atoms with E-state index in [9.17, 15) is 8.42 Å². The third-order valence-electron chi connectivity index (χ3n) is 4.38. The number of sulfonamides is 1. The smallest absolute Gasteiger partial charge is 0.245 e. The summed E-state index contributed by atoms with van der Waals surface area (Å²) in [6, 6.07) is 5.42. The molecule has 0 aromatic carbocycles. The highest BCUT2D eigenvalue weighted by Gasteiger charge is 2.31. The van der Waals surface area contributed by atoms with Gasteiger partial charge in [0.2, 0.25) is 10.0 Å². The van der Waals surface area contributed by atoms with Crippen LogP contribution in [0.25, 0.3) is 11.0 Å². The molecule has 4 heterocycles. The van der Waals surface area contributed by atoms with E-state index in [-0.39, 0.29) is 4.90 Å². The van der Waals surface area contributed by atoms with Gasteiger partial charge in [-0.05, 0) is 19.1 Å². The summed E-state index contributed by atoms with van der Waals surface area (Å²) in [4.78, 5) is 17.8. The highest BCUT2D eigenvalue weighted by atomic mass is 32.2. The molecular formula is C16H18N6O2S.